The lowest BCUT2D eigenvalue weighted by Crippen LogP contribution is -2.15. The number of aromatic nitrogens is 2. The number of rotatable bonds is 3. The zero-order valence-corrected chi connectivity index (χ0v) is 9.11. The number of oxime groups is 1. The summed E-state index contributed by atoms with van der Waals surface area (Å²) < 4.78 is 1.60. The van der Waals surface area contributed by atoms with Crippen LogP contribution in [0.3, 0.4) is 0 Å². The van der Waals surface area contributed by atoms with Gasteiger partial charge in [0, 0.05) is 0 Å². The highest BCUT2D eigenvalue weighted by molar-refractivity contribution is 6.00. The fraction of sp³-hybridized carbons (Fsp3) is 0.0909. The standard InChI is InChI=1S/C11H13N5O/c12-10(15-17)9-6-14-16(11(9)13)7-8-4-2-1-3-5-8/h1-6,17H,7,13H2,(H2,12,15). The van der Waals surface area contributed by atoms with E-state index in [2.05, 4.69) is 10.3 Å². The number of nitrogen functional groups attached to an aromatic ring is 1. The summed E-state index contributed by atoms with van der Waals surface area (Å²) in [5.41, 5.74) is 12.8. The number of nitrogens with zero attached hydrogens (tertiary/aromatic N) is 3. The van der Waals surface area contributed by atoms with Gasteiger partial charge in [0.25, 0.3) is 0 Å². The van der Waals surface area contributed by atoms with Crippen LogP contribution in [0.15, 0.2) is 41.7 Å². The highest BCUT2D eigenvalue weighted by atomic mass is 16.4. The summed E-state index contributed by atoms with van der Waals surface area (Å²) in [6.45, 7) is 0.547. The Morgan fingerprint density at radius 3 is 2.71 bits per heavy atom. The lowest BCUT2D eigenvalue weighted by atomic mass is 10.2. The van der Waals surface area contributed by atoms with Crippen LogP contribution in [0.5, 0.6) is 0 Å². The molecule has 0 saturated heterocycles. The maximum atomic E-state index is 8.58. The molecule has 0 atom stereocenters. The quantitative estimate of drug-likeness (QED) is 0.311. The van der Waals surface area contributed by atoms with Gasteiger partial charge in [-0.3, -0.25) is 0 Å². The third-order valence-corrected chi connectivity index (χ3v) is 2.44. The van der Waals surface area contributed by atoms with Gasteiger partial charge in [0.15, 0.2) is 5.84 Å². The third-order valence-electron chi connectivity index (χ3n) is 2.44. The van der Waals surface area contributed by atoms with Gasteiger partial charge < -0.3 is 16.7 Å². The summed E-state index contributed by atoms with van der Waals surface area (Å²) in [4.78, 5) is 0. The Morgan fingerprint density at radius 1 is 1.35 bits per heavy atom. The van der Waals surface area contributed by atoms with E-state index in [0.29, 0.717) is 17.9 Å². The van der Waals surface area contributed by atoms with Crippen molar-refractivity contribution in [1.29, 1.82) is 0 Å². The molecule has 0 spiro atoms. The largest absolute Gasteiger partial charge is 0.409 e. The average Bonchev–Trinajstić information content (AvgIpc) is 2.72. The molecule has 0 fully saturated rings. The first kappa shape index (κ1) is 11.0. The monoisotopic (exact) mass is 231 g/mol. The molecule has 0 radical (unpaired) electrons. The van der Waals surface area contributed by atoms with Gasteiger partial charge in [-0.25, -0.2) is 4.68 Å². The van der Waals surface area contributed by atoms with E-state index >= 15 is 0 Å². The lowest BCUT2D eigenvalue weighted by Gasteiger charge is -2.04. The second-order valence-electron chi connectivity index (χ2n) is 3.57. The van der Waals surface area contributed by atoms with Crippen molar-refractivity contribution < 1.29 is 5.21 Å². The molecule has 0 bridgehead atoms. The number of hydrogen-bond donors (Lipinski definition) is 3. The molecule has 0 aliphatic heterocycles. The van der Waals surface area contributed by atoms with Crippen LogP contribution in [0.2, 0.25) is 0 Å². The Kier molecular flexibility index (Phi) is 2.95. The molecule has 0 saturated carbocycles. The van der Waals surface area contributed by atoms with Crippen LogP contribution in [0.4, 0.5) is 5.82 Å². The molecule has 88 valence electrons. The smallest absolute Gasteiger partial charge is 0.175 e. The van der Waals surface area contributed by atoms with Gasteiger partial charge in [-0.2, -0.15) is 5.10 Å². The van der Waals surface area contributed by atoms with E-state index in [9.17, 15) is 0 Å². The Bertz CT molecular complexity index is 532. The number of anilines is 1. The molecule has 2 aromatic rings. The van der Waals surface area contributed by atoms with Crippen LogP contribution in [-0.4, -0.2) is 20.8 Å². The normalized spacial score (nSPS) is 11.6. The van der Waals surface area contributed by atoms with Gasteiger partial charge in [0.05, 0.1) is 18.3 Å². The van der Waals surface area contributed by atoms with Crippen LogP contribution in [0.25, 0.3) is 0 Å². The predicted molar refractivity (Wildman–Crippen MR) is 64.7 cm³/mol. The molecule has 1 heterocycles. The van der Waals surface area contributed by atoms with Gasteiger partial charge >= 0.3 is 0 Å². The number of nitrogens with two attached hydrogens (primary N) is 2. The molecular formula is C11H13N5O. The van der Waals surface area contributed by atoms with E-state index < -0.39 is 0 Å². The maximum absolute atomic E-state index is 8.58. The summed E-state index contributed by atoms with van der Waals surface area (Å²) in [5, 5.41) is 15.6. The summed E-state index contributed by atoms with van der Waals surface area (Å²) in [6.07, 6.45) is 1.48. The van der Waals surface area contributed by atoms with E-state index in [1.54, 1.807) is 4.68 Å². The summed E-state index contributed by atoms with van der Waals surface area (Å²) in [6, 6.07) is 9.78. The number of amidine groups is 1. The number of hydrogen-bond acceptors (Lipinski definition) is 4. The van der Waals surface area contributed by atoms with Crippen molar-refractivity contribution in [3.63, 3.8) is 0 Å². The van der Waals surface area contributed by atoms with Crippen LogP contribution < -0.4 is 11.5 Å². The van der Waals surface area contributed by atoms with Crippen molar-refractivity contribution in [2.24, 2.45) is 10.9 Å². The van der Waals surface area contributed by atoms with Crippen molar-refractivity contribution in [1.82, 2.24) is 9.78 Å². The Labute approximate surface area is 98.1 Å². The van der Waals surface area contributed by atoms with Crippen molar-refractivity contribution in [3.05, 3.63) is 47.7 Å². The molecule has 5 N–H and O–H groups in total. The predicted octanol–water partition coefficient (Wildman–Crippen LogP) is 0.608. The summed E-state index contributed by atoms with van der Waals surface area (Å²) >= 11 is 0. The molecule has 1 aromatic heterocycles. The van der Waals surface area contributed by atoms with Crippen molar-refractivity contribution in [3.8, 4) is 0 Å². The lowest BCUT2D eigenvalue weighted by molar-refractivity contribution is 0.318. The SMILES string of the molecule is N/C(=N\O)c1cnn(Cc2ccccc2)c1N. The fourth-order valence-corrected chi connectivity index (χ4v) is 1.53. The second kappa shape index (κ2) is 4.56. The average molecular weight is 231 g/mol. The first-order valence-corrected chi connectivity index (χ1v) is 5.05. The topological polar surface area (TPSA) is 102 Å². The van der Waals surface area contributed by atoms with Gasteiger partial charge in [-0.1, -0.05) is 35.5 Å². The first-order valence-electron chi connectivity index (χ1n) is 5.05. The molecule has 0 amide bonds. The van der Waals surface area contributed by atoms with Gasteiger partial charge in [0.2, 0.25) is 0 Å². The third kappa shape index (κ3) is 2.20. The Hall–Kier alpha value is -2.50. The van der Waals surface area contributed by atoms with Crippen LogP contribution in [0.1, 0.15) is 11.1 Å². The summed E-state index contributed by atoms with van der Waals surface area (Å²) in [7, 11) is 0. The minimum Gasteiger partial charge on any atom is -0.409 e. The van der Waals surface area contributed by atoms with Gasteiger partial charge in [-0.15, -0.1) is 0 Å². The maximum Gasteiger partial charge on any atom is 0.175 e. The molecule has 1 aromatic carbocycles. The second-order valence-corrected chi connectivity index (χ2v) is 3.57. The van der Waals surface area contributed by atoms with Crippen molar-refractivity contribution >= 4 is 11.7 Å². The molecule has 0 aliphatic rings. The Balaban J connectivity index is 2.27. The van der Waals surface area contributed by atoms with Crippen LogP contribution >= 0.6 is 0 Å². The minimum absolute atomic E-state index is 0.0400. The highest BCUT2D eigenvalue weighted by Gasteiger charge is 2.11. The van der Waals surface area contributed by atoms with Crippen molar-refractivity contribution in [2.75, 3.05) is 5.73 Å². The van der Waals surface area contributed by atoms with E-state index in [1.807, 2.05) is 30.3 Å². The van der Waals surface area contributed by atoms with E-state index in [0.717, 1.165) is 5.56 Å². The highest BCUT2D eigenvalue weighted by Crippen LogP contribution is 2.12. The van der Waals surface area contributed by atoms with Gasteiger partial charge in [0.1, 0.15) is 5.82 Å². The van der Waals surface area contributed by atoms with Crippen LogP contribution in [0, 0.1) is 0 Å². The molecule has 0 unspecified atom stereocenters. The van der Waals surface area contributed by atoms with Crippen molar-refractivity contribution in [2.45, 2.75) is 6.54 Å². The minimum atomic E-state index is -0.0400. The first-order chi connectivity index (χ1) is 8.22. The molecule has 6 heteroatoms. The van der Waals surface area contributed by atoms with Crippen LogP contribution in [-0.2, 0) is 6.54 Å². The molecule has 2 rings (SSSR count). The van der Waals surface area contributed by atoms with Gasteiger partial charge in [-0.05, 0) is 5.56 Å². The zero-order valence-electron chi connectivity index (χ0n) is 9.11. The molecule has 0 aliphatic carbocycles. The molecule has 17 heavy (non-hydrogen) atoms. The zero-order chi connectivity index (χ0) is 12.3. The summed E-state index contributed by atoms with van der Waals surface area (Å²) in [5.74, 6) is 0.339. The van der Waals surface area contributed by atoms with E-state index in [-0.39, 0.29) is 5.84 Å². The molecule has 6 nitrogen and oxygen atoms in total. The Morgan fingerprint density at radius 2 is 2.06 bits per heavy atom. The molecular weight excluding hydrogens is 218 g/mol. The van der Waals surface area contributed by atoms with E-state index in [4.69, 9.17) is 16.7 Å². The fourth-order valence-electron chi connectivity index (χ4n) is 1.53. The number of benzene rings is 1. The van der Waals surface area contributed by atoms with E-state index in [1.165, 1.54) is 6.20 Å².